The molecule has 0 spiro atoms. The van der Waals surface area contributed by atoms with Gasteiger partial charge in [-0.3, -0.25) is 4.55 Å². The summed E-state index contributed by atoms with van der Waals surface area (Å²) < 4.78 is 30.8. The molecular formula is C7H18O5S. The first-order chi connectivity index (χ1) is 5.81. The normalized spacial score (nSPS) is 13.0. The van der Waals surface area contributed by atoms with Crippen LogP contribution < -0.4 is 0 Å². The minimum absolute atomic E-state index is 0.269. The molecule has 5 nitrogen and oxygen atoms in total. The highest BCUT2D eigenvalue weighted by molar-refractivity contribution is 7.85. The van der Waals surface area contributed by atoms with Gasteiger partial charge in [-0.25, -0.2) is 0 Å². The maximum Gasteiger partial charge on any atom is 0.261 e. The van der Waals surface area contributed by atoms with Crippen LogP contribution in [0.15, 0.2) is 0 Å². The number of ether oxygens (including phenoxy) is 1. The molecule has 0 fully saturated rings. The molecule has 6 heteroatoms. The molecule has 0 aliphatic heterocycles. The Balaban J connectivity index is 0. The summed E-state index contributed by atoms with van der Waals surface area (Å²) in [7, 11) is -3.67. The third-order valence-corrected chi connectivity index (χ3v) is 0.986. The average molecular weight is 214 g/mol. The minimum Gasteiger partial charge on any atom is -0.391 e. The van der Waals surface area contributed by atoms with Gasteiger partial charge < -0.3 is 9.84 Å². The molecule has 0 aromatic rings. The third-order valence-electron chi connectivity index (χ3n) is 0.986. The molecule has 0 aromatic heterocycles. The molecule has 0 radical (unpaired) electrons. The van der Waals surface area contributed by atoms with E-state index in [0.29, 0.717) is 19.5 Å². The van der Waals surface area contributed by atoms with Gasteiger partial charge in [0.15, 0.2) is 0 Å². The van der Waals surface area contributed by atoms with E-state index in [9.17, 15) is 8.42 Å². The van der Waals surface area contributed by atoms with Gasteiger partial charge in [0, 0.05) is 6.61 Å². The first kappa shape index (κ1) is 15.3. The van der Waals surface area contributed by atoms with E-state index in [2.05, 4.69) is 0 Å². The van der Waals surface area contributed by atoms with Crippen LogP contribution in [0, 0.1) is 0 Å². The molecule has 0 aliphatic rings. The van der Waals surface area contributed by atoms with Crippen molar-refractivity contribution in [2.75, 3.05) is 19.5 Å². The lowest BCUT2D eigenvalue weighted by molar-refractivity contribution is 0.0408. The number of hydrogen-bond donors (Lipinski definition) is 2. The monoisotopic (exact) mass is 214 g/mol. The summed E-state index contributed by atoms with van der Waals surface area (Å²) in [5.74, 6) is 0. The zero-order valence-electron chi connectivity index (χ0n) is 8.23. The fourth-order valence-electron chi connectivity index (χ4n) is 0.372. The van der Waals surface area contributed by atoms with Crippen LogP contribution in [0.3, 0.4) is 0 Å². The van der Waals surface area contributed by atoms with Gasteiger partial charge in [-0.2, -0.15) is 8.42 Å². The van der Waals surface area contributed by atoms with E-state index in [0.717, 1.165) is 6.42 Å². The lowest BCUT2D eigenvalue weighted by Gasteiger charge is -2.05. The molecule has 2 N–H and O–H groups in total. The van der Waals surface area contributed by atoms with E-state index < -0.39 is 10.1 Å². The third kappa shape index (κ3) is 33.6. The summed E-state index contributed by atoms with van der Waals surface area (Å²) in [6, 6.07) is 0. The zero-order valence-corrected chi connectivity index (χ0v) is 9.04. The van der Waals surface area contributed by atoms with Crippen molar-refractivity contribution in [2.24, 2.45) is 0 Å². The quantitative estimate of drug-likeness (QED) is 0.657. The highest BCUT2D eigenvalue weighted by atomic mass is 32.2. The molecule has 0 aromatic carbocycles. The van der Waals surface area contributed by atoms with E-state index in [-0.39, 0.29) is 6.10 Å². The summed E-state index contributed by atoms with van der Waals surface area (Å²) in [4.78, 5) is 0. The van der Waals surface area contributed by atoms with Gasteiger partial charge in [-0.1, -0.05) is 6.92 Å². The van der Waals surface area contributed by atoms with Gasteiger partial charge in [0.1, 0.15) is 0 Å². The Morgan fingerprint density at radius 3 is 2.00 bits per heavy atom. The van der Waals surface area contributed by atoms with Crippen LogP contribution in [0.1, 0.15) is 20.3 Å². The highest BCUT2D eigenvalue weighted by Gasteiger charge is 1.96. The second kappa shape index (κ2) is 8.43. The zero-order chi connectivity index (χ0) is 10.9. The Labute approximate surface area is 79.5 Å². The van der Waals surface area contributed by atoms with Crippen molar-refractivity contribution in [3.63, 3.8) is 0 Å². The van der Waals surface area contributed by atoms with E-state index >= 15 is 0 Å². The average Bonchev–Trinajstić information content (AvgIpc) is 1.97. The van der Waals surface area contributed by atoms with Gasteiger partial charge in [0.2, 0.25) is 0 Å². The second-order valence-corrected chi connectivity index (χ2v) is 3.92. The first-order valence-electron chi connectivity index (χ1n) is 3.99. The minimum atomic E-state index is -3.67. The molecule has 0 amide bonds. The smallest absolute Gasteiger partial charge is 0.261 e. The van der Waals surface area contributed by atoms with Crippen molar-refractivity contribution in [2.45, 2.75) is 26.4 Å². The molecule has 1 unspecified atom stereocenters. The molecule has 0 rings (SSSR count). The predicted molar refractivity (Wildman–Crippen MR) is 50.3 cm³/mol. The van der Waals surface area contributed by atoms with Crippen LogP contribution in [-0.2, 0) is 14.9 Å². The predicted octanol–water partition coefficient (Wildman–Crippen LogP) is 0.298. The fourth-order valence-corrected chi connectivity index (χ4v) is 0.372. The van der Waals surface area contributed by atoms with Gasteiger partial charge in [-0.15, -0.1) is 0 Å². The van der Waals surface area contributed by atoms with E-state index in [1.807, 2.05) is 13.8 Å². The summed E-state index contributed by atoms with van der Waals surface area (Å²) >= 11 is 0. The Bertz CT molecular complexity index is 179. The fraction of sp³-hybridized carbons (Fsp3) is 1.00. The van der Waals surface area contributed by atoms with E-state index in [4.69, 9.17) is 14.4 Å². The maximum absolute atomic E-state index is 9.19. The van der Waals surface area contributed by atoms with Crippen LogP contribution in [-0.4, -0.2) is 43.7 Å². The molecule has 0 heterocycles. The first-order valence-corrected chi connectivity index (χ1v) is 5.84. The number of aliphatic hydroxyl groups is 1. The van der Waals surface area contributed by atoms with Crippen molar-refractivity contribution in [1.29, 1.82) is 0 Å². The lowest BCUT2D eigenvalue weighted by atomic mass is 10.3. The van der Waals surface area contributed by atoms with Crippen LogP contribution in [0.4, 0.5) is 0 Å². The number of aliphatic hydroxyl groups excluding tert-OH is 1. The lowest BCUT2D eigenvalue weighted by Crippen LogP contribution is -2.13. The van der Waals surface area contributed by atoms with Gasteiger partial charge in [-0.05, 0) is 13.3 Å². The summed E-state index contributed by atoms with van der Waals surface area (Å²) in [6.45, 7) is 5.02. The molecule has 1 atom stereocenters. The topological polar surface area (TPSA) is 83.8 Å². The van der Waals surface area contributed by atoms with Crippen molar-refractivity contribution >= 4 is 10.1 Å². The van der Waals surface area contributed by atoms with Crippen molar-refractivity contribution in [1.82, 2.24) is 0 Å². The molecular weight excluding hydrogens is 196 g/mol. The summed E-state index contributed by atoms with van der Waals surface area (Å²) in [6.07, 6.45) is 1.22. The molecule has 82 valence electrons. The number of hydrogen-bond acceptors (Lipinski definition) is 4. The largest absolute Gasteiger partial charge is 0.391 e. The van der Waals surface area contributed by atoms with Crippen molar-refractivity contribution in [3.05, 3.63) is 0 Å². The Morgan fingerprint density at radius 1 is 1.38 bits per heavy atom. The Kier molecular flexibility index (Phi) is 9.93. The molecule has 0 aliphatic carbocycles. The molecule has 0 saturated carbocycles. The van der Waals surface area contributed by atoms with Gasteiger partial charge >= 0.3 is 0 Å². The Hall–Kier alpha value is -0.170. The molecule has 0 saturated heterocycles. The molecule has 0 bridgehead atoms. The van der Waals surface area contributed by atoms with E-state index in [1.54, 1.807) is 0 Å². The standard InChI is InChI=1S/C6H14O2.CH4O3S/c1-3-6(7)5-8-4-2;1-5(2,3)4/h6-7H,3-5H2,1-2H3;1H3,(H,2,3,4). The second-order valence-electron chi connectivity index (χ2n) is 2.45. The van der Waals surface area contributed by atoms with Crippen molar-refractivity contribution in [3.8, 4) is 0 Å². The molecule has 13 heavy (non-hydrogen) atoms. The van der Waals surface area contributed by atoms with Gasteiger partial charge in [0.25, 0.3) is 10.1 Å². The Morgan fingerprint density at radius 2 is 1.77 bits per heavy atom. The van der Waals surface area contributed by atoms with Crippen LogP contribution in [0.2, 0.25) is 0 Å². The van der Waals surface area contributed by atoms with Crippen LogP contribution in [0.5, 0.6) is 0 Å². The van der Waals surface area contributed by atoms with Crippen molar-refractivity contribution < 1.29 is 22.8 Å². The van der Waals surface area contributed by atoms with E-state index in [1.165, 1.54) is 0 Å². The summed E-state index contributed by atoms with van der Waals surface area (Å²) in [5, 5.41) is 8.86. The SMILES string of the molecule is CCOCC(O)CC.CS(=O)(=O)O. The maximum atomic E-state index is 9.19. The highest BCUT2D eigenvalue weighted by Crippen LogP contribution is 1.89. The van der Waals surface area contributed by atoms with Crippen LogP contribution >= 0.6 is 0 Å². The number of rotatable bonds is 4. The van der Waals surface area contributed by atoms with Gasteiger partial charge in [0.05, 0.1) is 19.0 Å². The summed E-state index contributed by atoms with van der Waals surface area (Å²) in [5.41, 5.74) is 0. The van der Waals surface area contributed by atoms with Crippen LogP contribution in [0.25, 0.3) is 0 Å².